The first-order valence-corrected chi connectivity index (χ1v) is 8.05. The second-order valence-electron chi connectivity index (χ2n) is 6.38. The van der Waals surface area contributed by atoms with Crippen LogP contribution in [-0.4, -0.2) is 15.0 Å². The van der Waals surface area contributed by atoms with Crippen LogP contribution in [0.25, 0.3) is 22.5 Å². The average molecular weight is 304 g/mol. The highest BCUT2D eigenvalue weighted by molar-refractivity contribution is 5.82. The molecule has 0 unspecified atom stereocenters. The van der Waals surface area contributed by atoms with Gasteiger partial charge in [0.2, 0.25) is 0 Å². The Morgan fingerprint density at radius 3 is 2.52 bits per heavy atom. The summed E-state index contributed by atoms with van der Waals surface area (Å²) in [5, 5.41) is 8.94. The Bertz CT molecular complexity index is 863. The van der Waals surface area contributed by atoms with Gasteiger partial charge in [-0.05, 0) is 31.4 Å². The molecule has 4 heteroatoms. The van der Waals surface area contributed by atoms with Crippen molar-refractivity contribution in [2.45, 2.75) is 32.4 Å². The van der Waals surface area contributed by atoms with E-state index in [1.165, 1.54) is 11.1 Å². The predicted molar refractivity (Wildman–Crippen MR) is 91.9 cm³/mol. The van der Waals surface area contributed by atoms with Gasteiger partial charge >= 0.3 is 0 Å². The van der Waals surface area contributed by atoms with Crippen molar-refractivity contribution < 1.29 is 0 Å². The van der Waals surface area contributed by atoms with Crippen LogP contribution in [0.1, 0.15) is 37.1 Å². The van der Waals surface area contributed by atoms with Gasteiger partial charge in [0.05, 0.1) is 5.69 Å². The molecule has 1 atom stereocenters. The summed E-state index contributed by atoms with van der Waals surface area (Å²) in [5.41, 5.74) is 13.2. The quantitative estimate of drug-likeness (QED) is 0.745. The van der Waals surface area contributed by atoms with Gasteiger partial charge in [0.1, 0.15) is 5.69 Å². The zero-order valence-electron chi connectivity index (χ0n) is 13.4. The summed E-state index contributed by atoms with van der Waals surface area (Å²) >= 11 is 0. The molecule has 0 saturated heterocycles. The van der Waals surface area contributed by atoms with Gasteiger partial charge in [0, 0.05) is 23.2 Å². The number of rotatable bonds is 1. The highest BCUT2D eigenvalue weighted by Crippen LogP contribution is 2.40. The predicted octanol–water partition coefficient (Wildman–Crippen LogP) is 3.75. The first-order chi connectivity index (χ1) is 11.2. The first kappa shape index (κ1) is 14.2. The molecule has 2 aromatic carbocycles. The molecule has 1 aromatic heterocycles. The lowest BCUT2D eigenvalue weighted by atomic mass is 9.86. The minimum Gasteiger partial charge on any atom is -0.324 e. The fourth-order valence-electron chi connectivity index (χ4n) is 3.40. The van der Waals surface area contributed by atoms with E-state index in [9.17, 15) is 0 Å². The van der Waals surface area contributed by atoms with Crippen LogP contribution in [0.2, 0.25) is 0 Å². The standard InChI is InChI=1S/C19H20N4/c1-12(2)23-19-14-8-4-3-7-13(14)11-17(20)15-9-5-6-10-16(15)18(19)21-22-23/h3-10,12,17H,11,20H2,1-2H3/t17-/m0/s1. The van der Waals surface area contributed by atoms with Crippen molar-refractivity contribution in [3.05, 3.63) is 59.7 Å². The van der Waals surface area contributed by atoms with Crippen LogP contribution in [0.15, 0.2) is 48.5 Å². The SMILES string of the molecule is CC(C)n1nnc2c1-c1ccccc1C[C@H](N)c1ccccc1-2. The molecule has 0 spiro atoms. The van der Waals surface area contributed by atoms with Crippen molar-refractivity contribution in [1.82, 2.24) is 15.0 Å². The Hall–Kier alpha value is -2.46. The lowest BCUT2D eigenvalue weighted by Gasteiger charge is -2.22. The third-order valence-corrected chi connectivity index (χ3v) is 4.51. The van der Waals surface area contributed by atoms with Crippen LogP contribution in [0.5, 0.6) is 0 Å². The second kappa shape index (κ2) is 5.32. The van der Waals surface area contributed by atoms with Gasteiger partial charge in [-0.2, -0.15) is 0 Å². The van der Waals surface area contributed by atoms with E-state index in [4.69, 9.17) is 5.73 Å². The lowest BCUT2D eigenvalue weighted by Crippen LogP contribution is -2.17. The summed E-state index contributed by atoms with van der Waals surface area (Å²) in [5.74, 6) is 0. The van der Waals surface area contributed by atoms with E-state index < -0.39 is 0 Å². The molecular formula is C19H20N4. The van der Waals surface area contributed by atoms with Crippen LogP contribution < -0.4 is 5.73 Å². The van der Waals surface area contributed by atoms with Crippen molar-refractivity contribution in [2.24, 2.45) is 5.73 Å². The number of aromatic nitrogens is 3. The molecular weight excluding hydrogens is 284 g/mol. The summed E-state index contributed by atoms with van der Waals surface area (Å²) in [4.78, 5) is 0. The van der Waals surface area contributed by atoms with Crippen LogP contribution >= 0.6 is 0 Å². The minimum absolute atomic E-state index is 0.0373. The molecule has 4 nitrogen and oxygen atoms in total. The summed E-state index contributed by atoms with van der Waals surface area (Å²) < 4.78 is 2.02. The highest BCUT2D eigenvalue weighted by atomic mass is 15.4. The van der Waals surface area contributed by atoms with Crippen molar-refractivity contribution in [1.29, 1.82) is 0 Å². The Kier molecular flexibility index (Phi) is 3.27. The monoisotopic (exact) mass is 304 g/mol. The number of hydrogen-bond donors (Lipinski definition) is 1. The van der Waals surface area contributed by atoms with Gasteiger partial charge in [-0.15, -0.1) is 5.10 Å². The molecule has 0 bridgehead atoms. The summed E-state index contributed by atoms with van der Waals surface area (Å²) in [6.07, 6.45) is 0.815. The van der Waals surface area contributed by atoms with E-state index in [-0.39, 0.29) is 12.1 Å². The molecule has 2 N–H and O–H groups in total. The minimum atomic E-state index is -0.0373. The van der Waals surface area contributed by atoms with Crippen LogP contribution in [0.4, 0.5) is 0 Å². The van der Waals surface area contributed by atoms with E-state index in [0.717, 1.165) is 28.9 Å². The maximum Gasteiger partial charge on any atom is 0.121 e. The molecule has 23 heavy (non-hydrogen) atoms. The van der Waals surface area contributed by atoms with Gasteiger partial charge in [-0.3, -0.25) is 0 Å². The second-order valence-corrected chi connectivity index (χ2v) is 6.38. The first-order valence-electron chi connectivity index (χ1n) is 8.05. The number of nitrogens with two attached hydrogens (primary N) is 1. The van der Waals surface area contributed by atoms with Crippen molar-refractivity contribution in [3.63, 3.8) is 0 Å². The van der Waals surface area contributed by atoms with Gasteiger partial charge in [0.25, 0.3) is 0 Å². The Balaban J connectivity index is 2.10. The fourth-order valence-corrected chi connectivity index (χ4v) is 3.40. The largest absolute Gasteiger partial charge is 0.324 e. The maximum atomic E-state index is 6.50. The third-order valence-electron chi connectivity index (χ3n) is 4.51. The van der Waals surface area contributed by atoms with E-state index in [1.807, 2.05) is 16.8 Å². The number of hydrogen-bond acceptors (Lipinski definition) is 3. The molecule has 3 aromatic rings. The van der Waals surface area contributed by atoms with Gasteiger partial charge in [0.15, 0.2) is 0 Å². The number of benzene rings is 2. The molecule has 1 heterocycles. The molecule has 0 fully saturated rings. The zero-order chi connectivity index (χ0) is 16.0. The lowest BCUT2D eigenvalue weighted by molar-refractivity contribution is 0.519. The fraction of sp³-hybridized carbons (Fsp3) is 0.263. The molecule has 0 radical (unpaired) electrons. The van der Waals surface area contributed by atoms with E-state index >= 15 is 0 Å². The molecule has 116 valence electrons. The van der Waals surface area contributed by atoms with Gasteiger partial charge in [-0.1, -0.05) is 53.7 Å². The Labute approximate surface area is 135 Å². The number of fused-ring (bicyclic) bond motifs is 5. The molecule has 1 aliphatic carbocycles. The van der Waals surface area contributed by atoms with Crippen LogP contribution in [0.3, 0.4) is 0 Å². The maximum absolute atomic E-state index is 6.50. The third kappa shape index (κ3) is 2.18. The van der Waals surface area contributed by atoms with Crippen LogP contribution in [0, 0.1) is 0 Å². The average Bonchev–Trinajstić information content (AvgIpc) is 2.99. The number of nitrogens with zero attached hydrogens (tertiary/aromatic N) is 3. The van der Waals surface area contributed by atoms with Crippen molar-refractivity contribution in [3.8, 4) is 22.5 Å². The molecule has 4 rings (SSSR count). The topological polar surface area (TPSA) is 56.7 Å². The molecule has 0 aliphatic heterocycles. The summed E-state index contributed by atoms with van der Waals surface area (Å²) in [7, 11) is 0. The van der Waals surface area contributed by atoms with Gasteiger partial charge in [-0.25, -0.2) is 4.68 Å². The Morgan fingerprint density at radius 2 is 1.74 bits per heavy atom. The van der Waals surface area contributed by atoms with Crippen LogP contribution in [-0.2, 0) is 6.42 Å². The highest BCUT2D eigenvalue weighted by Gasteiger charge is 2.26. The molecule has 1 aliphatic rings. The van der Waals surface area contributed by atoms with Crippen molar-refractivity contribution in [2.75, 3.05) is 0 Å². The summed E-state index contributed by atoms with van der Waals surface area (Å²) in [6.45, 7) is 4.27. The smallest absolute Gasteiger partial charge is 0.121 e. The van der Waals surface area contributed by atoms with Gasteiger partial charge < -0.3 is 5.73 Å². The van der Waals surface area contributed by atoms with E-state index in [2.05, 4.69) is 60.6 Å². The van der Waals surface area contributed by atoms with E-state index in [0.29, 0.717) is 0 Å². The Morgan fingerprint density at radius 1 is 1.04 bits per heavy atom. The normalized spacial score (nSPS) is 16.3. The molecule has 0 amide bonds. The van der Waals surface area contributed by atoms with Crippen molar-refractivity contribution >= 4 is 0 Å². The van der Waals surface area contributed by atoms with E-state index in [1.54, 1.807) is 0 Å². The zero-order valence-corrected chi connectivity index (χ0v) is 13.4. The molecule has 0 saturated carbocycles. The summed E-state index contributed by atoms with van der Waals surface area (Å²) in [6, 6.07) is 16.9.